The molecule has 0 aliphatic heterocycles. The van der Waals surface area contributed by atoms with Crippen LogP contribution in [0, 0.1) is 6.92 Å². The highest BCUT2D eigenvalue weighted by Gasteiger charge is 2.06. The summed E-state index contributed by atoms with van der Waals surface area (Å²) in [4.78, 5) is 22.3. The molecule has 0 fully saturated rings. The minimum atomic E-state index is -0.366. The van der Waals surface area contributed by atoms with Gasteiger partial charge in [-0.05, 0) is 30.7 Å². The summed E-state index contributed by atoms with van der Waals surface area (Å²) in [6.45, 7) is 1.97. The molecule has 1 aromatic carbocycles. The van der Waals surface area contributed by atoms with Crippen molar-refractivity contribution in [2.24, 2.45) is 0 Å². The van der Waals surface area contributed by atoms with Crippen LogP contribution in [0.2, 0.25) is 5.02 Å². The number of amides is 1. The van der Waals surface area contributed by atoms with Crippen molar-refractivity contribution in [1.82, 2.24) is 5.32 Å². The summed E-state index contributed by atoms with van der Waals surface area (Å²) in [5.74, 6) is -0.0551. The maximum atomic E-state index is 11.5. The van der Waals surface area contributed by atoms with E-state index in [1.54, 1.807) is 18.2 Å². The van der Waals surface area contributed by atoms with Crippen LogP contribution >= 0.6 is 11.6 Å². The van der Waals surface area contributed by atoms with Crippen molar-refractivity contribution in [3.05, 3.63) is 28.8 Å². The molecule has 0 spiro atoms. The van der Waals surface area contributed by atoms with Crippen molar-refractivity contribution in [3.63, 3.8) is 0 Å². The van der Waals surface area contributed by atoms with E-state index >= 15 is 0 Å². The van der Waals surface area contributed by atoms with E-state index in [4.69, 9.17) is 16.3 Å². The monoisotopic (exact) mass is 285 g/mol. The van der Waals surface area contributed by atoms with Crippen molar-refractivity contribution in [2.45, 2.75) is 13.3 Å². The summed E-state index contributed by atoms with van der Waals surface area (Å²) < 4.78 is 9.80. The topological polar surface area (TPSA) is 64.6 Å². The molecule has 0 bridgehead atoms. The lowest BCUT2D eigenvalue weighted by Crippen LogP contribution is -2.31. The van der Waals surface area contributed by atoms with Crippen LogP contribution in [0.1, 0.15) is 12.0 Å². The van der Waals surface area contributed by atoms with Gasteiger partial charge in [0.1, 0.15) is 5.75 Å². The van der Waals surface area contributed by atoms with E-state index in [0.717, 1.165) is 5.56 Å². The fraction of sp³-hybridized carbons (Fsp3) is 0.385. The molecule has 1 rings (SSSR count). The molecule has 1 N–H and O–H groups in total. The highest BCUT2D eigenvalue weighted by molar-refractivity contribution is 6.30. The second-order valence-electron chi connectivity index (χ2n) is 3.87. The van der Waals surface area contributed by atoms with Crippen LogP contribution in [0.3, 0.4) is 0 Å². The highest BCUT2D eigenvalue weighted by Crippen LogP contribution is 2.21. The molecule has 0 atom stereocenters. The summed E-state index contributed by atoms with van der Waals surface area (Å²) in [7, 11) is 1.30. The number of methoxy groups -OCH3 is 1. The molecule has 0 saturated carbocycles. The van der Waals surface area contributed by atoms with Crippen LogP contribution < -0.4 is 10.1 Å². The van der Waals surface area contributed by atoms with Crippen LogP contribution in [0.5, 0.6) is 5.75 Å². The average Bonchev–Trinajstić information content (AvgIpc) is 2.37. The van der Waals surface area contributed by atoms with Gasteiger partial charge in [0.25, 0.3) is 5.91 Å². The molecule has 0 radical (unpaired) electrons. The zero-order valence-corrected chi connectivity index (χ0v) is 11.6. The molecule has 0 aliphatic carbocycles. The Morgan fingerprint density at radius 3 is 2.74 bits per heavy atom. The lowest BCUT2D eigenvalue weighted by atomic mass is 10.2. The number of rotatable bonds is 6. The number of ether oxygens (including phenoxy) is 2. The minimum absolute atomic E-state index is 0.107. The van der Waals surface area contributed by atoms with Crippen LogP contribution in [0.4, 0.5) is 0 Å². The Hall–Kier alpha value is -1.75. The van der Waals surface area contributed by atoms with Gasteiger partial charge in [-0.2, -0.15) is 0 Å². The SMILES string of the molecule is COC(=O)CCNC(=O)COc1ccc(Cl)cc1C. The highest BCUT2D eigenvalue weighted by atomic mass is 35.5. The van der Waals surface area contributed by atoms with Gasteiger partial charge in [0, 0.05) is 11.6 Å². The third-order valence-electron chi connectivity index (χ3n) is 2.37. The molecule has 0 aromatic heterocycles. The van der Waals surface area contributed by atoms with Crippen LogP contribution in [-0.4, -0.2) is 32.1 Å². The number of hydrogen-bond acceptors (Lipinski definition) is 4. The molecular formula is C13H16ClNO4. The zero-order chi connectivity index (χ0) is 14.3. The molecule has 0 saturated heterocycles. The van der Waals surface area contributed by atoms with Gasteiger partial charge < -0.3 is 14.8 Å². The van der Waals surface area contributed by atoms with Gasteiger partial charge in [-0.15, -0.1) is 0 Å². The Morgan fingerprint density at radius 1 is 1.37 bits per heavy atom. The Morgan fingerprint density at radius 2 is 2.11 bits per heavy atom. The van der Waals surface area contributed by atoms with Gasteiger partial charge >= 0.3 is 5.97 Å². The molecule has 0 unspecified atom stereocenters. The van der Waals surface area contributed by atoms with Gasteiger partial charge in [-0.3, -0.25) is 9.59 Å². The summed E-state index contributed by atoms with van der Waals surface area (Å²) in [5, 5.41) is 3.18. The Labute approximate surface area is 116 Å². The van der Waals surface area contributed by atoms with Crippen LogP contribution in [-0.2, 0) is 14.3 Å². The van der Waals surface area contributed by atoms with Gasteiger partial charge in [0.2, 0.25) is 0 Å². The second-order valence-corrected chi connectivity index (χ2v) is 4.31. The summed E-state index contributed by atoms with van der Waals surface area (Å²) >= 11 is 5.81. The van der Waals surface area contributed by atoms with E-state index in [1.807, 2.05) is 6.92 Å². The predicted octanol–water partition coefficient (Wildman–Crippen LogP) is 1.71. The average molecular weight is 286 g/mol. The molecule has 1 amide bonds. The summed E-state index contributed by atoms with van der Waals surface area (Å²) in [5.41, 5.74) is 0.856. The minimum Gasteiger partial charge on any atom is -0.484 e. The van der Waals surface area contributed by atoms with Crippen molar-refractivity contribution in [1.29, 1.82) is 0 Å². The first-order valence-corrected chi connectivity index (χ1v) is 6.13. The number of aryl methyl sites for hydroxylation is 1. The number of halogens is 1. The Balaban J connectivity index is 2.32. The smallest absolute Gasteiger partial charge is 0.307 e. The van der Waals surface area contributed by atoms with Gasteiger partial charge in [-0.1, -0.05) is 11.6 Å². The molecule has 0 heterocycles. The zero-order valence-electron chi connectivity index (χ0n) is 10.9. The van der Waals surface area contributed by atoms with E-state index in [0.29, 0.717) is 10.8 Å². The molecular weight excluding hydrogens is 270 g/mol. The van der Waals surface area contributed by atoms with Crippen molar-refractivity contribution in [3.8, 4) is 5.75 Å². The van der Waals surface area contributed by atoms with E-state index in [9.17, 15) is 9.59 Å². The fourth-order valence-electron chi connectivity index (χ4n) is 1.38. The molecule has 6 heteroatoms. The van der Waals surface area contributed by atoms with E-state index in [1.165, 1.54) is 7.11 Å². The van der Waals surface area contributed by atoms with Crippen LogP contribution in [0.15, 0.2) is 18.2 Å². The molecule has 5 nitrogen and oxygen atoms in total. The lowest BCUT2D eigenvalue weighted by molar-refractivity contribution is -0.140. The van der Waals surface area contributed by atoms with Crippen LogP contribution in [0.25, 0.3) is 0 Å². The van der Waals surface area contributed by atoms with Gasteiger partial charge in [0.05, 0.1) is 13.5 Å². The summed E-state index contributed by atoms with van der Waals surface area (Å²) in [6.07, 6.45) is 0.141. The number of nitrogens with one attached hydrogen (secondary N) is 1. The number of benzene rings is 1. The standard InChI is InChI=1S/C13H16ClNO4/c1-9-7-10(14)3-4-11(9)19-8-12(16)15-6-5-13(17)18-2/h3-4,7H,5-6,8H2,1-2H3,(H,15,16). The van der Waals surface area contributed by atoms with Gasteiger partial charge in [0.15, 0.2) is 6.61 Å². The Bertz CT molecular complexity index is 462. The fourth-order valence-corrected chi connectivity index (χ4v) is 1.60. The quantitative estimate of drug-likeness (QED) is 0.808. The first-order chi connectivity index (χ1) is 9.02. The molecule has 0 aliphatic rings. The first kappa shape index (κ1) is 15.3. The first-order valence-electron chi connectivity index (χ1n) is 5.75. The number of esters is 1. The second kappa shape index (κ2) is 7.63. The van der Waals surface area contributed by atoms with Gasteiger partial charge in [-0.25, -0.2) is 0 Å². The van der Waals surface area contributed by atoms with Crippen molar-refractivity contribution >= 4 is 23.5 Å². The number of carbonyl (C=O) groups excluding carboxylic acids is 2. The maximum Gasteiger partial charge on any atom is 0.307 e. The van der Waals surface area contributed by atoms with E-state index < -0.39 is 0 Å². The third kappa shape index (κ3) is 5.61. The van der Waals surface area contributed by atoms with E-state index in [2.05, 4.69) is 10.1 Å². The Kier molecular flexibility index (Phi) is 6.15. The number of hydrogen-bond donors (Lipinski definition) is 1. The number of carbonyl (C=O) groups is 2. The molecule has 19 heavy (non-hydrogen) atoms. The summed E-state index contributed by atoms with van der Waals surface area (Å²) in [6, 6.07) is 5.16. The normalized spacial score (nSPS) is 9.84. The third-order valence-corrected chi connectivity index (χ3v) is 2.61. The molecule has 104 valence electrons. The lowest BCUT2D eigenvalue weighted by Gasteiger charge is -2.09. The van der Waals surface area contributed by atoms with Crippen molar-refractivity contribution < 1.29 is 19.1 Å². The molecule has 1 aromatic rings. The largest absolute Gasteiger partial charge is 0.484 e. The van der Waals surface area contributed by atoms with E-state index in [-0.39, 0.29) is 31.4 Å². The van der Waals surface area contributed by atoms with Crippen molar-refractivity contribution in [2.75, 3.05) is 20.3 Å². The predicted molar refractivity (Wildman–Crippen MR) is 71.3 cm³/mol. The maximum absolute atomic E-state index is 11.5.